The second-order valence-corrected chi connectivity index (χ2v) is 3.78. The van der Waals surface area contributed by atoms with Gasteiger partial charge in [0.25, 0.3) is 0 Å². The number of benzene rings is 1. The zero-order chi connectivity index (χ0) is 13.1. The van der Waals surface area contributed by atoms with E-state index in [1.165, 1.54) is 6.07 Å². The number of ether oxygens (including phenoxy) is 1. The first-order chi connectivity index (χ1) is 7.82. The molecule has 1 aromatic carbocycles. The third kappa shape index (κ3) is 4.14. The van der Waals surface area contributed by atoms with E-state index in [-0.39, 0.29) is 10.2 Å². The van der Waals surface area contributed by atoms with Gasteiger partial charge in [0.05, 0.1) is 12.7 Å². The number of rotatable bonds is 2. The molecule has 0 saturated carbocycles. The fraction of sp³-hybridized carbons (Fsp3) is 0.222. The Bertz CT molecular complexity index is 422. The highest BCUT2D eigenvalue weighted by molar-refractivity contribution is 9.10. The quantitative estimate of drug-likeness (QED) is 0.853. The highest BCUT2D eigenvalue weighted by atomic mass is 79.9. The molecule has 1 N–H and O–H groups in total. The predicted octanol–water partition coefficient (Wildman–Crippen LogP) is 3.12. The number of hydrogen-bond acceptors (Lipinski definition) is 3. The molecule has 4 nitrogen and oxygen atoms in total. The second kappa shape index (κ2) is 5.26. The average Bonchev–Trinajstić information content (AvgIpc) is 2.24. The molecule has 0 aliphatic heterocycles. The van der Waals surface area contributed by atoms with E-state index in [1.54, 1.807) is 5.48 Å². The van der Waals surface area contributed by atoms with E-state index in [2.05, 4.69) is 25.5 Å². The minimum atomic E-state index is -4.49. The van der Waals surface area contributed by atoms with E-state index in [0.29, 0.717) is 0 Å². The number of hydrogen-bond donors (Lipinski definition) is 1. The molecule has 94 valence electrons. The first-order valence-corrected chi connectivity index (χ1v) is 5.01. The van der Waals surface area contributed by atoms with Gasteiger partial charge in [0.15, 0.2) is 5.75 Å². The molecule has 0 heterocycles. The van der Waals surface area contributed by atoms with Crippen LogP contribution in [0.5, 0.6) is 5.75 Å². The number of amides is 1. The summed E-state index contributed by atoms with van der Waals surface area (Å²) < 4.78 is 41.6. The molecule has 1 rings (SSSR count). The Morgan fingerprint density at radius 2 is 2.00 bits per heavy atom. The van der Waals surface area contributed by atoms with Crippen molar-refractivity contribution < 1.29 is 27.5 Å². The summed E-state index contributed by atoms with van der Waals surface area (Å²) in [5, 5.41) is 0. The van der Waals surface area contributed by atoms with Crippen LogP contribution in [-0.4, -0.2) is 13.2 Å². The van der Waals surface area contributed by atoms with E-state index < -0.39 is 17.8 Å². The minimum absolute atomic E-state index is 0.169. The third-order valence-corrected chi connectivity index (χ3v) is 2.09. The van der Waals surface area contributed by atoms with E-state index in [0.717, 1.165) is 19.2 Å². The Morgan fingerprint density at radius 3 is 2.53 bits per heavy atom. The third-order valence-electron chi connectivity index (χ3n) is 1.64. The Balaban J connectivity index is 2.87. The smallest absolute Gasteiger partial charge is 0.440 e. The van der Waals surface area contributed by atoms with Crippen LogP contribution >= 0.6 is 15.9 Å². The van der Waals surface area contributed by atoms with Gasteiger partial charge in [-0.3, -0.25) is 0 Å². The van der Waals surface area contributed by atoms with E-state index in [1.807, 2.05) is 0 Å². The van der Waals surface area contributed by atoms with E-state index in [9.17, 15) is 18.0 Å². The summed E-state index contributed by atoms with van der Waals surface area (Å²) in [7, 11) is 1.10. The lowest BCUT2D eigenvalue weighted by Gasteiger charge is -2.10. The molecule has 0 spiro atoms. The number of carbonyl (C=O) groups is 1. The number of halogens is 4. The first-order valence-electron chi connectivity index (χ1n) is 4.21. The van der Waals surface area contributed by atoms with Gasteiger partial charge in [-0.25, -0.2) is 4.79 Å². The van der Waals surface area contributed by atoms with Crippen LogP contribution in [-0.2, 0) is 10.9 Å². The Labute approximate surface area is 103 Å². The second-order valence-electron chi connectivity index (χ2n) is 2.87. The van der Waals surface area contributed by atoms with Crippen LogP contribution in [0.4, 0.5) is 18.0 Å². The Morgan fingerprint density at radius 1 is 1.35 bits per heavy atom. The predicted molar refractivity (Wildman–Crippen MR) is 55.3 cm³/mol. The van der Waals surface area contributed by atoms with Crippen molar-refractivity contribution in [2.75, 3.05) is 7.11 Å². The molecule has 0 aliphatic rings. The summed E-state index contributed by atoms with van der Waals surface area (Å²) in [6, 6.07) is 2.91. The lowest BCUT2D eigenvalue weighted by atomic mass is 10.2. The fourth-order valence-corrected chi connectivity index (χ4v) is 1.40. The fourth-order valence-electron chi connectivity index (χ4n) is 0.928. The molecule has 0 saturated heterocycles. The van der Waals surface area contributed by atoms with Crippen molar-refractivity contribution >= 4 is 22.0 Å². The van der Waals surface area contributed by atoms with Crippen molar-refractivity contribution in [3.05, 3.63) is 28.2 Å². The standard InChI is InChI=1S/C9H7BrF3NO3/c1-16-8(15)14-17-7-3-5(9(11,12)13)2-6(10)4-7/h2-4H,1H3,(H,14,15). The van der Waals surface area contributed by atoms with Gasteiger partial charge in [0.1, 0.15) is 0 Å². The highest BCUT2D eigenvalue weighted by Gasteiger charge is 2.31. The molecule has 0 unspecified atom stereocenters. The van der Waals surface area contributed by atoms with Crippen molar-refractivity contribution in [2.24, 2.45) is 0 Å². The Hall–Kier alpha value is -1.44. The van der Waals surface area contributed by atoms with Crippen molar-refractivity contribution in [1.29, 1.82) is 0 Å². The number of hydroxylamine groups is 1. The topological polar surface area (TPSA) is 47.6 Å². The minimum Gasteiger partial charge on any atom is -0.451 e. The van der Waals surface area contributed by atoms with Crippen LogP contribution in [0.2, 0.25) is 0 Å². The summed E-state index contributed by atoms with van der Waals surface area (Å²) in [5.74, 6) is -0.169. The number of nitrogens with one attached hydrogen (secondary N) is 1. The summed E-state index contributed by atoms with van der Waals surface area (Å²) in [5.41, 5.74) is 0.910. The van der Waals surface area contributed by atoms with Gasteiger partial charge in [-0.1, -0.05) is 15.9 Å². The van der Waals surface area contributed by atoms with Crippen LogP contribution in [0, 0.1) is 0 Å². The van der Waals surface area contributed by atoms with Crippen molar-refractivity contribution in [3.63, 3.8) is 0 Å². The Kier molecular flexibility index (Phi) is 4.22. The lowest BCUT2D eigenvalue weighted by molar-refractivity contribution is -0.137. The highest BCUT2D eigenvalue weighted by Crippen LogP contribution is 2.33. The largest absolute Gasteiger partial charge is 0.451 e. The molecular formula is C9H7BrF3NO3. The molecule has 0 aliphatic carbocycles. The molecular weight excluding hydrogens is 307 g/mol. The van der Waals surface area contributed by atoms with Gasteiger partial charge < -0.3 is 9.57 Å². The van der Waals surface area contributed by atoms with Gasteiger partial charge >= 0.3 is 12.3 Å². The summed E-state index contributed by atoms with van der Waals surface area (Å²) in [4.78, 5) is 15.3. The zero-order valence-corrected chi connectivity index (χ0v) is 10.1. The van der Waals surface area contributed by atoms with E-state index in [4.69, 9.17) is 0 Å². The van der Waals surface area contributed by atoms with Crippen LogP contribution in [0.25, 0.3) is 0 Å². The maximum absolute atomic E-state index is 12.4. The lowest BCUT2D eigenvalue weighted by Crippen LogP contribution is -2.26. The molecule has 0 atom stereocenters. The molecule has 0 radical (unpaired) electrons. The monoisotopic (exact) mass is 313 g/mol. The van der Waals surface area contributed by atoms with Gasteiger partial charge in [0.2, 0.25) is 0 Å². The number of methoxy groups -OCH3 is 1. The van der Waals surface area contributed by atoms with Gasteiger partial charge in [-0.2, -0.15) is 18.7 Å². The van der Waals surface area contributed by atoms with Gasteiger partial charge in [0, 0.05) is 4.47 Å². The summed E-state index contributed by atoms with van der Waals surface area (Å²) >= 11 is 2.91. The first kappa shape index (κ1) is 13.6. The van der Waals surface area contributed by atoms with E-state index >= 15 is 0 Å². The summed E-state index contributed by atoms with van der Waals surface area (Å²) in [6.07, 6.45) is -5.41. The SMILES string of the molecule is COC(=O)NOc1cc(Br)cc(C(F)(F)F)c1. The van der Waals surface area contributed by atoms with Crippen LogP contribution in [0.3, 0.4) is 0 Å². The molecule has 0 bridgehead atoms. The van der Waals surface area contributed by atoms with Crippen LogP contribution in [0.15, 0.2) is 22.7 Å². The molecule has 17 heavy (non-hydrogen) atoms. The van der Waals surface area contributed by atoms with Crippen molar-refractivity contribution in [3.8, 4) is 5.75 Å². The molecule has 8 heteroatoms. The molecule has 0 aromatic heterocycles. The number of carbonyl (C=O) groups excluding carboxylic acids is 1. The summed E-state index contributed by atoms with van der Waals surface area (Å²) in [6.45, 7) is 0. The maximum atomic E-state index is 12.4. The van der Waals surface area contributed by atoms with Gasteiger partial charge in [-0.15, -0.1) is 0 Å². The maximum Gasteiger partial charge on any atom is 0.440 e. The van der Waals surface area contributed by atoms with Gasteiger partial charge in [-0.05, 0) is 18.2 Å². The normalized spacial score (nSPS) is 10.9. The number of alkyl halides is 3. The molecule has 1 amide bonds. The van der Waals surface area contributed by atoms with Crippen LogP contribution < -0.4 is 10.3 Å². The van der Waals surface area contributed by atoms with Crippen molar-refractivity contribution in [2.45, 2.75) is 6.18 Å². The molecule has 0 fully saturated rings. The molecule has 1 aromatic rings. The van der Waals surface area contributed by atoms with Crippen molar-refractivity contribution in [1.82, 2.24) is 5.48 Å². The zero-order valence-electron chi connectivity index (χ0n) is 8.47. The van der Waals surface area contributed by atoms with Crippen LogP contribution in [0.1, 0.15) is 5.56 Å². The average molecular weight is 314 g/mol.